The zero-order valence-electron chi connectivity index (χ0n) is 9.21. The van der Waals surface area contributed by atoms with Crippen LogP contribution >= 0.6 is 0 Å². The van der Waals surface area contributed by atoms with Gasteiger partial charge >= 0.3 is 6.03 Å². The van der Waals surface area contributed by atoms with Gasteiger partial charge in [0.2, 0.25) is 11.8 Å². The van der Waals surface area contributed by atoms with Crippen molar-refractivity contribution in [1.29, 1.82) is 0 Å². The first-order valence-corrected chi connectivity index (χ1v) is 5.34. The Hall–Kier alpha value is -1.43. The fraction of sp³-hybridized carbons (Fsp3) is 0.700. The molecule has 0 bridgehead atoms. The molecule has 90 valence electrons. The van der Waals surface area contributed by atoms with Crippen LogP contribution in [0.2, 0.25) is 0 Å². The molecule has 4 amide bonds. The highest BCUT2D eigenvalue weighted by Crippen LogP contribution is 2.31. The Kier molecular flexibility index (Phi) is 4.00. The van der Waals surface area contributed by atoms with Gasteiger partial charge in [0, 0.05) is 6.61 Å². The van der Waals surface area contributed by atoms with Crippen molar-refractivity contribution in [3.05, 3.63) is 0 Å². The van der Waals surface area contributed by atoms with E-state index in [2.05, 4.69) is 10.6 Å². The zero-order chi connectivity index (χ0) is 12.2. The van der Waals surface area contributed by atoms with Crippen molar-refractivity contribution in [3.63, 3.8) is 0 Å². The third-order valence-corrected chi connectivity index (χ3v) is 2.82. The minimum atomic E-state index is -1.29. The largest absolute Gasteiger partial charge is 0.396 e. The number of aliphatic hydroxyl groups is 1. The molecule has 0 unspecified atom stereocenters. The van der Waals surface area contributed by atoms with Gasteiger partial charge in [-0.05, 0) is 12.8 Å². The lowest BCUT2D eigenvalue weighted by Gasteiger charge is -2.33. The van der Waals surface area contributed by atoms with Crippen LogP contribution in [0.25, 0.3) is 0 Å². The second-order valence-electron chi connectivity index (χ2n) is 3.90. The predicted molar refractivity (Wildman–Crippen MR) is 55.3 cm³/mol. The Morgan fingerprint density at radius 1 is 1.12 bits per heavy atom. The third kappa shape index (κ3) is 2.21. The quantitative estimate of drug-likeness (QED) is 0.573. The van der Waals surface area contributed by atoms with Gasteiger partial charge in [-0.3, -0.25) is 20.2 Å². The van der Waals surface area contributed by atoms with Crippen LogP contribution in [0.4, 0.5) is 4.79 Å². The summed E-state index contributed by atoms with van der Waals surface area (Å²) in [6.45, 7) is 1.68. The maximum absolute atomic E-state index is 11.7. The topological polar surface area (TPSA) is 95.5 Å². The van der Waals surface area contributed by atoms with Gasteiger partial charge in [0.1, 0.15) is 5.41 Å². The van der Waals surface area contributed by atoms with Crippen LogP contribution in [0.3, 0.4) is 0 Å². The van der Waals surface area contributed by atoms with Crippen molar-refractivity contribution in [2.75, 3.05) is 6.61 Å². The zero-order valence-corrected chi connectivity index (χ0v) is 9.21. The van der Waals surface area contributed by atoms with Crippen LogP contribution < -0.4 is 10.6 Å². The molecular formula is C10H16N2O4. The molecule has 0 radical (unpaired) electrons. The average Bonchev–Trinajstić information content (AvgIpc) is 2.22. The van der Waals surface area contributed by atoms with Crippen LogP contribution in [0.1, 0.15) is 32.6 Å². The minimum Gasteiger partial charge on any atom is -0.396 e. The number of nitrogens with one attached hydrogen (secondary N) is 2. The molecule has 6 nitrogen and oxygen atoms in total. The first-order chi connectivity index (χ1) is 7.56. The third-order valence-electron chi connectivity index (χ3n) is 2.82. The van der Waals surface area contributed by atoms with Crippen molar-refractivity contribution in [2.45, 2.75) is 32.6 Å². The van der Waals surface area contributed by atoms with Gasteiger partial charge in [-0.25, -0.2) is 4.79 Å². The minimum absolute atomic E-state index is 0.0396. The SMILES string of the molecule is CCCCC1(CCO)C(=O)NC(=O)NC1=O. The molecule has 1 fully saturated rings. The molecule has 1 rings (SSSR count). The molecule has 0 aromatic rings. The molecule has 0 atom stereocenters. The van der Waals surface area contributed by atoms with Crippen molar-refractivity contribution in [1.82, 2.24) is 10.6 Å². The fourth-order valence-electron chi connectivity index (χ4n) is 1.83. The molecule has 0 aliphatic carbocycles. The number of hydrogen-bond acceptors (Lipinski definition) is 4. The molecular weight excluding hydrogens is 212 g/mol. The van der Waals surface area contributed by atoms with Gasteiger partial charge in [0.05, 0.1) is 0 Å². The number of barbiturate groups is 1. The Morgan fingerprint density at radius 2 is 1.69 bits per heavy atom. The van der Waals surface area contributed by atoms with E-state index >= 15 is 0 Å². The fourth-order valence-corrected chi connectivity index (χ4v) is 1.83. The lowest BCUT2D eigenvalue weighted by molar-refractivity contribution is -0.146. The van der Waals surface area contributed by atoms with Gasteiger partial charge < -0.3 is 5.11 Å². The van der Waals surface area contributed by atoms with Crippen LogP contribution in [0.5, 0.6) is 0 Å². The smallest absolute Gasteiger partial charge is 0.328 e. The molecule has 1 aliphatic heterocycles. The monoisotopic (exact) mass is 228 g/mol. The summed E-state index contributed by atoms with van der Waals surface area (Å²) in [6, 6.07) is -0.792. The summed E-state index contributed by atoms with van der Waals surface area (Å²) in [5.74, 6) is -1.22. The van der Waals surface area contributed by atoms with E-state index in [0.717, 1.165) is 6.42 Å². The number of unbranched alkanes of at least 4 members (excludes halogenated alkanes) is 1. The highest BCUT2D eigenvalue weighted by molar-refractivity contribution is 6.19. The number of hydrogen-bond donors (Lipinski definition) is 3. The predicted octanol–water partition coefficient (Wildman–Crippen LogP) is -0.0886. The lowest BCUT2D eigenvalue weighted by Crippen LogP contribution is -2.62. The van der Waals surface area contributed by atoms with Crippen molar-refractivity contribution >= 4 is 17.8 Å². The standard InChI is InChI=1S/C10H16N2O4/c1-2-3-4-10(5-6-13)7(14)11-9(16)12-8(10)15/h13H,2-6H2,1H3,(H2,11,12,14,15,16). The van der Waals surface area contributed by atoms with Crippen LogP contribution in [0.15, 0.2) is 0 Å². The molecule has 0 spiro atoms. The summed E-state index contributed by atoms with van der Waals surface area (Å²) in [7, 11) is 0. The maximum Gasteiger partial charge on any atom is 0.328 e. The van der Waals surface area contributed by atoms with E-state index in [1.807, 2.05) is 6.92 Å². The van der Waals surface area contributed by atoms with Crippen LogP contribution in [-0.2, 0) is 9.59 Å². The number of aliphatic hydroxyl groups excluding tert-OH is 1. The average molecular weight is 228 g/mol. The number of imide groups is 2. The highest BCUT2D eigenvalue weighted by atomic mass is 16.3. The van der Waals surface area contributed by atoms with Gasteiger partial charge in [-0.15, -0.1) is 0 Å². The van der Waals surface area contributed by atoms with Gasteiger partial charge in [-0.1, -0.05) is 19.8 Å². The molecule has 0 aromatic heterocycles. The normalized spacial score (nSPS) is 19.2. The molecule has 16 heavy (non-hydrogen) atoms. The molecule has 0 aromatic carbocycles. The Balaban J connectivity index is 2.92. The highest BCUT2D eigenvalue weighted by Gasteiger charge is 2.48. The van der Waals surface area contributed by atoms with Gasteiger partial charge in [0.15, 0.2) is 0 Å². The van der Waals surface area contributed by atoms with E-state index in [-0.39, 0.29) is 13.0 Å². The molecule has 3 N–H and O–H groups in total. The van der Waals surface area contributed by atoms with Gasteiger partial charge in [-0.2, -0.15) is 0 Å². The Labute approximate surface area is 93.4 Å². The second-order valence-corrected chi connectivity index (χ2v) is 3.90. The lowest BCUT2D eigenvalue weighted by atomic mass is 9.77. The van der Waals surface area contributed by atoms with E-state index in [1.54, 1.807) is 0 Å². The van der Waals surface area contributed by atoms with E-state index in [9.17, 15) is 14.4 Å². The van der Waals surface area contributed by atoms with Crippen molar-refractivity contribution < 1.29 is 19.5 Å². The molecule has 6 heteroatoms. The number of carbonyl (C=O) groups excluding carboxylic acids is 3. The van der Waals surface area contributed by atoms with E-state index < -0.39 is 23.3 Å². The summed E-state index contributed by atoms with van der Waals surface area (Å²) in [4.78, 5) is 34.4. The number of rotatable bonds is 5. The van der Waals surface area contributed by atoms with E-state index in [4.69, 9.17) is 5.11 Å². The van der Waals surface area contributed by atoms with Crippen LogP contribution in [0, 0.1) is 5.41 Å². The van der Waals surface area contributed by atoms with Crippen LogP contribution in [-0.4, -0.2) is 29.6 Å². The Morgan fingerprint density at radius 3 is 2.12 bits per heavy atom. The summed E-state index contributed by atoms with van der Waals surface area (Å²) in [5.41, 5.74) is -1.29. The first-order valence-electron chi connectivity index (χ1n) is 5.34. The summed E-state index contributed by atoms with van der Waals surface area (Å²) in [5, 5.41) is 13.1. The van der Waals surface area contributed by atoms with Crippen molar-refractivity contribution in [3.8, 4) is 0 Å². The summed E-state index contributed by atoms with van der Waals surface area (Å²) >= 11 is 0. The van der Waals surface area contributed by atoms with Gasteiger partial charge in [0.25, 0.3) is 0 Å². The molecule has 0 saturated carbocycles. The molecule has 1 heterocycles. The van der Waals surface area contributed by atoms with E-state index in [0.29, 0.717) is 12.8 Å². The number of urea groups is 1. The van der Waals surface area contributed by atoms with Crippen molar-refractivity contribution in [2.24, 2.45) is 5.41 Å². The summed E-state index contributed by atoms with van der Waals surface area (Å²) in [6.07, 6.45) is 1.91. The maximum atomic E-state index is 11.7. The molecule has 1 saturated heterocycles. The second kappa shape index (κ2) is 5.07. The van der Waals surface area contributed by atoms with E-state index in [1.165, 1.54) is 0 Å². The summed E-state index contributed by atoms with van der Waals surface area (Å²) < 4.78 is 0. The molecule has 1 aliphatic rings. The number of carbonyl (C=O) groups is 3. The Bertz CT molecular complexity index is 294. The first kappa shape index (κ1) is 12.6. The number of amides is 4.